The van der Waals surface area contributed by atoms with Crippen molar-refractivity contribution in [2.75, 3.05) is 5.32 Å². The van der Waals surface area contributed by atoms with Crippen molar-refractivity contribution < 1.29 is 4.79 Å². The van der Waals surface area contributed by atoms with Crippen molar-refractivity contribution in [1.82, 2.24) is 4.98 Å². The van der Waals surface area contributed by atoms with Gasteiger partial charge in [0.2, 0.25) is 5.91 Å². The van der Waals surface area contributed by atoms with Gasteiger partial charge in [0.05, 0.1) is 6.42 Å². The molecule has 0 aliphatic heterocycles. The summed E-state index contributed by atoms with van der Waals surface area (Å²) in [5.41, 5.74) is 8.69. The summed E-state index contributed by atoms with van der Waals surface area (Å²) in [7, 11) is 0. The lowest BCUT2D eigenvalue weighted by Gasteiger charge is -2.03. The molecule has 0 bridgehead atoms. The van der Waals surface area contributed by atoms with E-state index in [2.05, 4.69) is 10.3 Å². The first-order valence-electron chi connectivity index (χ1n) is 6.93. The fraction of sp³-hybridized carbons (Fsp3) is 0.0588. The molecular formula is C17H16N4O. The van der Waals surface area contributed by atoms with Crippen LogP contribution in [0, 0.1) is 5.41 Å². The number of nitrogens with one attached hydrogen (secondary N) is 3. The number of hydrogen-bond donors (Lipinski definition) is 4. The Kier molecular flexibility index (Phi) is 3.62. The molecule has 5 heteroatoms. The van der Waals surface area contributed by atoms with Gasteiger partial charge in [-0.25, -0.2) is 0 Å². The molecule has 0 aliphatic rings. The van der Waals surface area contributed by atoms with Gasteiger partial charge in [-0.15, -0.1) is 0 Å². The summed E-state index contributed by atoms with van der Waals surface area (Å²) in [6.45, 7) is 0. The fourth-order valence-corrected chi connectivity index (χ4v) is 2.36. The predicted molar refractivity (Wildman–Crippen MR) is 88.1 cm³/mol. The van der Waals surface area contributed by atoms with E-state index in [0.29, 0.717) is 5.56 Å². The van der Waals surface area contributed by atoms with Crippen LogP contribution in [0.15, 0.2) is 54.6 Å². The molecule has 0 saturated heterocycles. The lowest BCUT2D eigenvalue weighted by molar-refractivity contribution is -0.115. The van der Waals surface area contributed by atoms with Crippen molar-refractivity contribution in [2.45, 2.75) is 6.42 Å². The first-order valence-corrected chi connectivity index (χ1v) is 6.93. The molecule has 0 aliphatic carbocycles. The third kappa shape index (κ3) is 2.98. The molecule has 3 rings (SSSR count). The molecule has 0 spiro atoms. The zero-order valence-corrected chi connectivity index (χ0v) is 11.9. The molecule has 0 atom stereocenters. The maximum atomic E-state index is 12.0. The molecule has 5 nitrogen and oxygen atoms in total. The fourth-order valence-electron chi connectivity index (χ4n) is 2.36. The Balaban J connectivity index is 1.76. The van der Waals surface area contributed by atoms with Gasteiger partial charge < -0.3 is 16.0 Å². The highest BCUT2D eigenvalue weighted by molar-refractivity contribution is 5.99. The zero-order valence-electron chi connectivity index (χ0n) is 11.9. The largest absolute Gasteiger partial charge is 0.384 e. The molecule has 2 aromatic carbocycles. The quantitative estimate of drug-likeness (QED) is 0.439. The molecular weight excluding hydrogens is 276 g/mol. The van der Waals surface area contributed by atoms with Crippen LogP contribution in [0.25, 0.3) is 10.9 Å². The molecule has 110 valence electrons. The van der Waals surface area contributed by atoms with Gasteiger partial charge in [0, 0.05) is 27.8 Å². The maximum Gasteiger partial charge on any atom is 0.230 e. The maximum absolute atomic E-state index is 12.0. The zero-order chi connectivity index (χ0) is 15.5. The SMILES string of the molecule is N=C(N)c1ccc2[nH]c(CC(=O)Nc3ccccc3)cc2c1. The van der Waals surface area contributed by atoms with E-state index in [9.17, 15) is 4.79 Å². The Bertz CT molecular complexity index is 836. The second kappa shape index (κ2) is 5.73. The topological polar surface area (TPSA) is 94.8 Å². The Morgan fingerprint density at radius 3 is 2.64 bits per heavy atom. The third-order valence-electron chi connectivity index (χ3n) is 3.40. The van der Waals surface area contributed by atoms with Gasteiger partial charge in [-0.1, -0.05) is 18.2 Å². The highest BCUT2D eigenvalue weighted by atomic mass is 16.1. The first-order chi connectivity index (χ1) is 10.6. The number of anilines is 1. The van der Waals surface area contributed by atoms with Crippen molar-refractivity contribution in [1.29, 1.82) is 5.41 Å². The summed E-state index contributed by atoms with van der Waals surface area (Å²) < 4.78 is 0. The van der Waals surface area contributed by atoms with Crippen LogP contribution in [0.4, 0.5) is 5.69 Å². The van der Waals surface area contributed by atoms with Crippen LogP contribution in [-0.2, 0) is 11.2 Å². The number of aromatic amines is 1. The Morgan fingerprint density at radius 1 is 1.14 bits per heavy atom. The number of amides is 1. The molecule has 3 aromatic rings. The number of rotatable bonds is 4. The number of carbonyl (C=O) groups is 1. The van der Waals surface area contributed by atoms with Gasteiger partial charge in [-0.2, -0.15) is 0 Å². The summed E-state index contributed by atoms with van der Waals surface area (Å²) in [6, 6.07) is 16.8. The van der Waals surface area contributed by atoms with E-state index in [1.165, 1.54) is 0 Å². The molecule has 0 unspecified atom stereocenters. The third-order valence-corrected chi connectivity index (χ3v) is 3.40. The molecule has 1 heterocycles. The normalized spacial score (nSPS) is 10.5. The van der Waals surface area contributed by atoms with Gasteiger partial charge in [0.1, 0.15) is 5.84 Å². The number of H-pyrrole nitrogens is 1. The van der Waals surface area contributed by atoms with Crippen molar-refractivity contribution in [2.24, 2.45) is 5.73 Å². The predicted octanol–water partition coefficient (Wildman–Crippen LogP) is 2.63. The molecule has 1 amide bonds. The minimum Gasteiger partial charge on any atom is -0.384 e. The number of fused-ring (bicyclic) bond motifs is 1. The Morgan fingerprint density at radius 2 is 1.91 bits per heavy atom. The van der Waals surface area contributed by atoms with E-state index in [-0.39, 0.29) is 18.2 Å². The molecule has 0 fully saturated rings. The van der Waals surface area contributed by atoms with E-state index < -0.39 is 0 Å². The number of carbonyl (C=O) groups excluding carboxylic acids is 1. The van der Waals surface area contributed by atoms with Gasteiger partial charge in [-0.05, 0) is 36.4 Å². The summed E-state index contributed by atoms with van der Waals surface area (Å²) in [4.78, 5) is 15.3. The van der Waals surface area contributed by atoms with Crippen LogP contribution in [0.5, 0.6) is 0 Å². The van der Waals surface area contributed by atoms with E-state index in [1.807, 2.05) is 48.5 Å². The molecule has 0 radical (unpaired) electrons. The van der Waals surface area contributed by atoms with Gasteiger partial charge in [-0.3, -0.25) is 10.2 Å². The number of hydrogen-bond acceptors (Lipinski definition) is 2. The number of benzene rings is 2. The van der Waals surface area contributed by atoms with Gasteiger partial charge in [0.25, 0.3) is 0 Å². The summed E-state index contributed by atoms with van der Waals surface area (Å²) in [6.07, 6.45) is 0.263. The number of nitrogen functional groups attached to an aromatic ring is 1. The highest BCUT2D eigenvalue weighted by Gasteiger charge is 2.08. The van der Waals surface area contributed by atoms with Gasteiger partial charge in [0.15, 0.2) is 0 Å². The molecule has 5 N–H and O–H groups in total. The monoisotopic (exact) mass is 292 g/mol. The second-order valence-electron chi connectivity index (χ2n) is 5.10. The van der Waals surface area contributed by atoms with E-state index in [0.717, 1.165) is 22.3 Å². The summed E-state index contributed by atoms with van der Waals surface area (Å²) >= 11 is 0. The van der Waals surface area contributed by atoms with Crippen LogP contribution < -0.4 is 11.1 Å². The van der Waals surface area contributed by atoms with E-state index in [4.69, 9.17) is 11.1 Å². The van der Waals surface area contributed by atoms with Crippen molar-refractivity contribution in [3.8, 4) is 0 Å². The number of para-hydroxylation sites is 1. The lowest BCUT2D eigenvalue weighted by Crippen LogP contribution is -2.14. The Labute approximate surface area is 127 Å². The highest BCUT2D eigenvalue weighted by Crippen LogP contribution is 2.18. The Hall–Kier alpha value is -3.08. The summed E-state index contributed by atoms with van der Waals surface area (Å²) in [5, 5.41) is 11.3. The number of nitrogens with two attached hydrogens (primary N) is 1. The number of aromatic nitrogens is 1. The summed E-state index contributed by atoms with van der Waals surface area (Å²) in [5.74, 6) is -0.0454. The van der Waals surface area contributed by atoms with Crippen LogP contribution >= 0.6 is 0 Å². The lowest BCUT2D eigenvalue weighted by atomic mass is 10.1. The van der Waals surface area contributed by atoms with Crippen LogP contribution in [0.2, 0.25) is 0 Å². The van der Waals surface area contributed by atoms with E-state index in [1.54, 1.807) is 6.07 Å². The molecule has 0 saturated carbocycles. The van der Waals surface area contributed by atoms with Crippen molar-refractivity contribution in [3.63, 3.8) is 0 Å². The molecule has 22 heavy (non-hydrogen) atoms. The van der Waals surface area contributed by atoms with Crippen molar-refractivity contribution >= 4 is 28.3 Å². The van der Waals surface area contributed by atoms with Crippen LogP contribution in [0.1, 0.15) is 11.3 Å². The van der Waals surface area contributed by atoms with Crippen molar-refractivity contribution in [3.05, 3.63) is 65.9 Å². The minimum absolute atomic E-state index is 0.0338. The second-order valence-corrected chi connectivity index (χ2v) is 5.10. The smallest absolute Gasteiger partial charge is 0.230 e. The number of amidine groups is 1. The van der Waals surface area contributed by atoms with E-state index >= 15 is 0 Å². The average molecular weight is 292 g/mol. The average Bonchev–Trinajstić information content (AvgIpc) is 2.89. The van der Waals surface area contributed by atoms with Crippen LogP contribution in [0.3, 0.4) is 0 Å². The minimum atomic E-state index is -0.0791. The van der Waals surface area contributed by atoms with Crippen LogP contribution in [-0.4, -0.2) is 16.7 Å². The first kappa shape index (κ1) is 13.9. The molecule has 1 aromatic heterocycles. The standard InChI is InChI=1S/C17H16N4O/c18-17(19)11-6-7-15-12(8-11)9-14(20-15)10-16(22)21-13-4-2-1-3-5-13/h1-9,20H,10H2,(H3,18,19)(H,21,22). The van der Waals surface area contributed by atoms with Gasteiger partial charge >= 0.3 is 0 Å².